The number of halogens is 3. The van der Waals surface area contributed by atoms with E-state index in [1.165, 1.54) is 27.9 Å². The Morgan fingerprint density at radius 3 is 2.69 bits per heavy atom. The molecule has 0 spiro atoms. The molecule has 0 saturated carbocycles. The molecule has 1 N–H and O–H groups in total. The molecule has 1 aliphatic heterocycles. The van der Waals surface area contributed by atoms with Gasteiger partial charge in [-0.3, -0.25) is 14.4 Å². The van der Waals surface area contributed by atoms with Gasteiger partial charge in [-0.05, 0) is 19.4 Å². The minimum Gasteiger partial charge on any atom is -0.476 e. The van der Waals surface area contributed by atoms with Gasteiger partial charge in [0.1, 0.15) is 5.82 Å². The maximum absolute atomic E-state index is 13.2. The average molecular weight is 371 g/mol. The smallest absolute Gasteiger partial charge is 0.410 e. The van der Waals surface area contributed by atoms with Crippen LogP contribution in [0.15, 0.2) is 18.3 Å². The highest BCUT2D eigenvalue weighted by Gasteiger charge is 2.46. The van der Waals surface area contributed by atoms with Crippen molar-refractivity contribution in [2.75, 3.05) is 11.4 Å². The Balaban J connectivity index is 1.74. The van der Waals surface area contributed by atoms with Gasteiger partial charge in [-0.15, -0.1) is 0 Å². The second-order valence-electron chi connectivity index (χ2n) is 6.00. The number of hydrogen-bond donors (Lipinski definition) is 1. The van der Waals surface area contributed by atoms with E-state index < -0.39 is 18.2 Å². The van der Waals surface area contributed by atoms with Crippen LogP contribution in [0.2, 0.25) is 0 Å². The Hall–Kier alpha value is -2.85. The van der Waals surface area contributed by atoms with Gasteiger partial charge < -0.3 is 5.11 Å². The van der Waals surface area contributed by atoms with Gasteiger partial charge in [0.15, 0.2) is 11.7 Å². The quantitative estimate of drug-likeness (QED) is 0.888. The van der Waals surface area contributed by atoms with Crippen molar-refractivity contribution in [2.24, 2.45) is 0 Å². The van der Waals surface area contributed by atoms with Crippen molar-refractivity contribution < 1.29 is 27.9 Å². The number of anilines is 1. The van der Waals surface area contributed by atoms with E-state index in [2.05, 4.69) is 10.2 Å². The van der Waals surface area contributed by atoms with Gasteiger partial charge in [-0.1, -0.05) is 0 Å². The van der Waals surface area contributed by atoms with E-state index in [4.69, 9.17) is 5.11 Å². The summed E-state index contributed by atoms with van der Waals surface area (Å²) < 4.78 is 41.7. The molecule has 11 heteroatoms. The van der Waals surface area contributed by atoms with Gasteiger partial charge in [0.25, 0.3) is 0 Å². The molecule has 8 nitrogen and oxygen atoms in total. The van der Waals surface area contributed by atoms with Crippen LogP contribution in [-0.2, 0) is 11.3 Å². The largest absolute Gasteiger partial charge is 0.476 e. The summed E-state index contributed by atoms with van der Waals surface area (Å²) in [4.78, 5) is 24.6. The number of carboxylic acids is 1. The van der Waals surface area contributed by atoms with Crippen molar-refractivity contribution in [1.82, 2.24) is 19.6 Å². The Morgan fingerprint density at radius 2 is 2.08 bits per heavy atom. The lowest BCUT2D eigenvalue weighted by atomic mass is 10.1. The minimum atomic E-state index is -4.44. The molecule has 26 heavy (non-hydrogen) atoms. The zero-order chi connectivity index (χ0) is 19.1. The molecular weight excluding hydrogens is 355 g/mol. The normalized spacial score (nSPS) is 17.2. The Bertz CT molecular complexity index is 842. The van der Waals surface area contributed by atoms with Gasteiger partial charge in [-0.25, -0.2) is 9.48 Å². The van der Waals surface area contributed by atoms with E-state index in [0.29, 0.717) is 5.69 Å². The molecule has 0 saturated heterocycles. The number of aryl methyl sites for hydroxylation is 2. The van der Waals surface area contributed by atoms with Crippen LogP contribution >= 0.6 is 0 Å². The number of rotatable bonds is 4. The summed E-state index contributed by atoms with van der Waals surface area (Å²) in [5.74, 6) is -1.43. The van der Waals surface area contributed by atoms with Crippen molar-refractivity contribution in [3.8, 4) is 0 Å². The minimum absolute atomic E-state index is 0.0261. The second-order valence-corrected chi connectivity index (χ2v) is 6.00. The Labute approximate surface area is 145 Å². The van der Waals surface area contributed by atoms with Crippen molar-refractivity contribution >= 4 is 17.7 Å². The first kappa shape index (κ1) is 18.0. The van der Waals surface area contributed by atoms with Gasteiger partial charge >= 0.3 is 12.1 Å². The van der Waals surface area contributed by atoms with Crippen LogP contribution in [0.3, 0.4) is 0 Å². The van der Waals surface area contributed by atoms with Gasteiger partial charge in [0, 0.05) is 31.8 Å². The summed E-state index contributed by atoms with van der Waals surface area (Å²) in [6.07, 6.45) is -3.30. The average Bonchev–Trinajstić information content (AvgIpc) is 3.16. The monoisotopic (exact) mass is 371 g/mol. The molecular formula is C15H16F3N5O3. The number of alkyl halides is 3. The summed E-state index contributed by atoms with van der Waals surface area (Å²) in [6.45, 7) is 1.63. The molecule has 0 bridgehead atoms. The van der Waals surface area contributed by atoms with Crippen LogP contribution in [0.25, 0.3) is 0 Å². The molecule has 0 aromatic carbocycles. The molecule has 3 heterocycles. The maximum Gasteiger partial charge on any atom is 0.410 e. The molecule has 0 fully saturated rings. The van der Waals surface area contributed by atoms with E-state index in [9.17, 15) is 22.8 Å². The summed E-state index contributed by atoms with van der Waals surface area (Å²) in [5, 5.41) is 16.5. The number of aromatic nitrogens is 4. The van der Waals surface area contributed by atoms with Crippen LogP contribution in [0, 0.1) is 6.92 Å². The third kappa shape index (κ3) is 3.41. The lowest BCUT2D eigenvalue weighted by Crippen LogP contribution is -2.43. The van der Waals surface area contributed by atoms with Crippen LogP contribution in [0.1, 0.15) is 35.1 Å². The molecule has 1 aliphatic rings. The SMILES string of the molecule is Cc1cc2n(n1)C(C(F)(F)F)CCN2C(=O)CCn1ccc(C(=O)O)n1. The molecule has 2 aromatic heterocycles. The predicted molar refractivity (Wildman–Crippen MR) is 82.8 cm³/mol. The first-order valence-electron chi connectivity index (χ1n) is 7.87. The van der Waals surface area contributed by atoms with E-state index in [-0.39, 0.29) is 43.4 Å². The van der Waals surface area contributed by atoms with Crippen LogP contribution in [0.4, 0.5) is 19.0 Å². The Kier molecular flexibility index (Phi) is 4.46. The first-order chi connectivity index (χ1) is 12.2. The number of carbonyl (C=O) groups is 2. The highest BCUT2D eigenvalue weighted by molar-refractivity contribution is 5.92. The summed E-state index contributed by atoms with van der Waals surface area (Å²) in [6, 6.07) is 1.01. The third-order valence-electron chi connectivity index (χ3n) is 4.13. The predicted octanol–water partition coefficient (Wildman–Crippen LogP) is 2.02. The molecule has 1 amide bonds. The number of nitrogens with zero attached hydrogens (tertiary/aromatic N) is 5. The van der Waals surface area contributed by atoms with Gasteiger partial charge in [0.2, 0.25) is 5.91 Å². The molecule has 0 radical (unpaired) electrons. The fourth-order valence-electron chi connectivity index (χ4n) is 2.92. The number of aromatic carboxylic acids is 1. The third-order valence-corrected chi connectivity index (χ3v) is 4.13. The van der Waals surface area contributed by atoms with Gasteiger partial charge in [-0.2, -0.15) is 23.4 Å². The van der Waals surface area contributed by atoms with Crippen LogP contribution in [0.5, 0.6) is 0 Å². The highest BCUT2D eigenvalue weighted by Crippen LogP contribution is 2.39. The first-order valence-corrected chi connectivity index (χ1v) is 7.87. The van der Waals surface area contributed by atoms with E-state index in [0.717, 1.165) is 4.68 Å². The topological polar surface area (TPSA) is 93.2 Å². The van der Waals surface area contributed by atoms with Crippen molar-refractivity contribution in [3.05, 3.63) is 29.7 Å². The molecule has 1 atom stereocenters. The second kappa shape index (κ2) is 6.46. The molecule has 140 valence electrons. The number of carboxylic acid groups (broad SMARTS) is 1. The van der Waals surface area contributed by atoms with Crippen molar-refractivity contribution in [2.45, 2.75) is 38.5 Å². The fourth-order valence-corrected chi connectivity index (χ4v) is 2.92. The van der Waals surface area contributed by atoms with E-state index in [1.54, 1.807) is 6.92 Å². The lowest BCUT2D eigenvalue weighted by Gasteiger charge is -2.33. The maximum atomic E-state index is 13.2. The van der Waals surface area contributed by atoms with Crippen LogP contribution in [-0.4, -0.2) is 49.3 Å². The van der Waals surface area contributed by atoms with Crippen molar-refractivity contribution in [1.29, 1.82) is 0 Å². The highest BCUT2D eigenvalue weighted by atomic mass is 19.4. The number of carbonyl (C=O) groups excluding carboxylic acids is 1. The zero-order valence-electron chi connectivity index (χ0n) is 13.8. The molecule has 2 aromatic rings. The fraction of sp³-hybridized carbons (Fsp3) is 0.467. The number of hydrogen-bond acceptors (Lipinski definition) is 4. The zero-order valence-corrected chi connectivity index (χ0v) is 13.8. The molecule has 0 aliphatic carbocycles. The lowest BCUT2D eigenvalue weighted by molar-refractivity contribution is -0.173. The summed E-state index contributed by atoms with van der Waals surface area (Å²) in [7, 11) is 0. The van der Waals surface area contributed by atoms with Gasteiger partial charge in [0.05, 0.1) is 5.69 Å². The summed E-state index contributed by atoms with van der Waals surface area (Å²) in [5.41, 5.74) is 0.254. The number of fused-ring (bicyclic) bond motifs is 1. The van der Waals surface area contributed by atoms with E-state index >= 15 is 0 Å². The van der Waals surface area contributed by atoms with E-state index in [1.807, 2.05) is 0 Å². The van der Waals surface area contributed by atoms with Crippen molar-refractivity contribution in [3.63, 3.8) is 0 Å². The van der Waals surface area contributed by atoms with Crippen LogP contribution < -0.4 is 4.90 Å². The Morgan fingerprint density at radius 1 is 1.35 bits per heavy atom. The molecule has 1 unspecified atom stereocenters. The number of amides is 1. The summed E-state index contributed by atoms with van der Waals surface area (Å²) >= 11 is 0. The molecule has 3 rings (SSSR count). The standard InChI is InChI=1S/C15H16F3N5O3/c1-9-8-12-22(7-3-11(15(16,17)18)23(12)19-9)13(24)4-6-21-5-2-10(20-21)14(25)26/h2,5,8,11H,3-4,6-7H2,1H3,(H,25,26).